The van der Waals surface area contributed by atoms with Crippen molar-refractivity contribution in [2.24, 2.45) is 0 Å². The summed E-state index contributed by atoms with van der Waals surface area (Å²) < 4.78 is 13.5. The molecule has 0 aromatic heterocycles. The quantitative estimate of drug-likeness (QED) is 0.643. The highest BCUT2D eigenvalue weighted by Crippen LogP contribution is 2.18. The average molecular weight is 283 g/mol. The summed E-state index contributed by atoms with van der Waals surface area (Å²) in [6.07, 6.45) is 0. The lowest BCUT2D eigenvalue weighted by Crippen LogP contribution is -2.39. The summed E-state index contributed by atoms with van der Waals surface area (Å²) in [6.45, 7) is 1.76. The fourth-order valence-electron chi connectivity index (χ4n) is 1.55. The van der Waals surface area contributed by atoms with Gasteiger partial charge in [-0.05, 0) is 19.1 Å². The Bertz CT molecular complexity index is 548. The number of hydrogen-bond donors (Lipinski definition) is 1. The van der Waals surface area contributed by atoms with Gasteiger partial charge in [-0.25, -0.2) is 0 Å². The van der Waals surface area contributed by atoms with E-state index in [2.05, 4.69) is 5.32 Å². The summed E-state index contributed by atoms with van der Waals surface area (Å²) in [5.74, 6) is -2.01. The molecule has 1 rings (SSSR count). The Hall–Kier alpha value is -2.51. The van der Waals surface area contributed by atoms with E-state index in [-0.39, 0.29) is 24.6 Å². The second-order valence-corrected chi connectivity index (χ2v) is 3.92. The molecule has 0 aliphatic carbocycles. The van der Waals surface area contributed by atoms with Crippen LogP contribution in [-0.2, 0) is 4.79 Å². The normalized spacial score (nSPS) is 9.95. The molecule has 0 aliphatic heterocycles. The maximum atomic E-state index is 13.5. The van der Waals surface area contributed by atoms with Crippen LogP contribution in [0, 0.1) is 15.9 Å². The van der Waals surface area contributed by atoms with Crippen LogP contribution < -0.4 is 5.32 Å². The van der Waals surface area contributed by atoms with Crippen LogP contribution in [0.15, 0.2) is 18.2 Å². The van der Waals surface area contributed by atoms with Crippen molar-refractivity contribution in [2.75, 3.05) is 20.1 Å². The Kier molecular flexibility index (Phi) is 5.13. The molecule has 0 radical (unpaired) electrons. The van der Waals surface area contributed by atoms with Crippen molar-refractivity contribution in [2.45, 2.75) is 6.92 Å². The van der Waals surface area contributed by atoms with E-state index in [4.69, 9.17) is 0 Å². The van der Waals surface area contributed by atoms with Gasteiger partial charge in [-0.2, -0.15) is 4.39 Å². The minimum Gasteiger partial charge on any atom is -0.358 e. The van der Waals surface area contributed by atoms with Gasteiger partial charge in [0.2, 0.25) is 11.7 Å². The number of nitrogens with zero attached hydrogens (tertiary/aromatic N) is 2. The lowest BCUT2D eigenvalue weighted by Gasteiger charge is -2.19. The maximum Gasteiger partial charge on any atom is 0.304 e. The van der Waals surface area contributed by atoms with E-state index < -0.39 is 22.3 Å². The number of hydrogen-bond acceptors (Lipinski definition) is 4. The molecule has 0 saturated heterocycles. The van der Waals surface area contributed by atoms with E-state index in [0.29, 0.717) is 0 Å². The average Bonchev–Trinajstić information content (AvgIpc) is 2.43. The standard InChI is InChI=1S/C12H14FN3O4/c1-3-15(7-11(17)14-2)12(18)8-4-5-10(16(19)20)9(13)6-8/h4-6H,3,7H2,1-2H3,(H,14,17). The third kappa shape index (κ3) is 3.50. The zero-order valence-electron chi connectivity index (χ0n) is 11.1. The van der Waals surface area contributed by atoms with E-state index in [1.807, 2.05) is 0 Å². The van der Waals surface area contributed by atoms with E-state index in [1.165, 1.54) is 11.9 Å². The van der Waals surface area contributed by atoms with Gasteiger partial charge >= 0.3 is 5.69 Å². The summed E-state index contributed by atoms with van der Waals surface area (Å²) >= 11 is 0. The first kappa shape index (κ1) is 15.5. The predicted molar refractivity (Wildman–Crippen MR) is 68.7 cm³/mol. The molecule has 0 atom stereocenters. The number of amides is 2. The molecule has 0 fully saturated rings. The highest BCUT2D eigenvalue weighted by atomic mass is 19.1. The summed E-state index contributed by atoms with van der Waals surface area (Å²) in [5, 5.41) is 12.9. The molecule has 1 N–H and O–H groups in total. The summed E-state index contributed by atoms with van der Waals surface area (Å²) in [4.78, 5) is 34.2. The smallest absolute Gasteiger partial charge is 0.304 e. The summed E-state index contributed by atoms with van der Waals surface area (Å²) in [5.41, 5.74) is -0.741. The molecule has 8 heteroatoms. The van der Waals surface area contributed by atoms with Gasteiger partial charge in [0.15, 0.2) is 0 Å². The number of halogens is 1. The summed E-state index contributed by atoms with van der Waals surface area (Å²) in [7, 11) is 1.44. The molecule has 108 valence electrons. The fraction of sp³-hybridized carbons (Fsp3) is 0.333. The van der Waals surface area contributed by atoms with Gasteiger partial charge in [0.1, 0.15) is 0 Å². The van der Waals surface area contributed by atoms with Crippen LogP contribution in [0.5, 0.6) is 0 Å². The molecule has 0 bridgehead atoms. The highest BCUT2D eigenvalue weighted by Gasteiger charge is 2.21. The third-order valence-corrected chi connectivity index (χ3v) is 2.67. The lowest BCUT2D eigenvalue weighted by molar-refractivity contribution is -0.387. The Morgan fingerprint density at radius 1 is 1.45 bits per heavy atom. The van der Waals surface area contributed by atoms with E-state index >= 15 is 0 Å². The molecule has 0 unspecified atom stereocenters. The first-order valence-corrected chi connectivity index (χ1v) is 5.84. The maximum absolute atomic E-state index is 13.5. The van der Waals surface area contributed by atoms with Gasteiger partial charge in [-0.3, -0.25) is 19.7 Å². The van der Waals surface area contributed by atoms with Crippen LogP contribution in [0.3, 0.4) is 0 Å². The minimum absolute atomic E-state index is 0.0427. The van der Waals surface area contributed by atoms with Crippen molar-refractivity contribution in [3.63, 3.8) is 0 Å². The van der Waals surface area contributed by atoms with Gasteiger partial charge in [-0.15, -0.1) is 0 Å². The van der Waals surface area contributed by atoms with E-state index in [1.54, 1.807) is 6.92 Å². The van der Waals surface area contributed by atoms with Crippen LogP contribution in [0.2, 0.25) is 0 Å². The van der Waals surface area contributed by atoms with E-state index in [9.17, 15) is 24.1 Å². The van der Waals surface area contributed by atoms with Crippen LogP contribution in [0.25, 0.3) is 0 Å². The Labute approximate surface area is 114 Å². The van der Waals surface area contributed by atoms with Crippen LogP contribution >= 0.6 is 0 Å². The number of benzene rings is 1. The fourth-order valence-corrected chi connectivity index (χ4v) is 1.55. The first-order chi connectivity index (χ1) is 9.40. The predicted octanol–water partition coefficient (Wildman–Crippen LogP) is 0.942. The molecule has 7 nitrogen and oxygen atoms in total. The number of likely N-dealkylation sites (N-methyl/N-ethyl adjacent to an activating group) is 2. The summed E-state index contributed by atoms with van der Waals surface area (Å²) in [6, 6.07) is 2.89. The number of nitrogens with one attached hydrogen (secondary N) is 1. The zero-order valence-corrected chi connectivity index (χ0v) is 11.1. The molecule has 0 heterocycles. The van der Waals surface area contributed by atoms with Gasteiger partial charge in [0.25, 0.3) is 5.91 Å². The SMILES string of the molecule is CCN(CC(=O)NC)C(=O)c1ccc([N+](=O)[O-])c(F)c1. The largest absolute Gasteiger partial charge is 0.358 e. The Morgan fingerprint density at radius 3 is 2.55 bits per heavy atom. The number of carbonyl (C=O) groups is 2. The van der Waals surface area contributed by atoms with Crippen LogP contribution in [0.1, 0.15) is 17.3 Å². The van der Waals surface area contributed by atoms with Gasteiger partial charge in [0.05, 0.1) is 11.5 Å². The lowest BCUT2D eigenvalue weighted by atomic mass is 10.1. The molecule has 20 heavy (non-hydrogen) atoms. The van der Waals surface area contributed by atoms with Crippen molar-refractivity contribution in [1.29, 1.82) is 0 Å². The molecule has 0 spiro atoms. The van der Waals surface area contributed by atoms with Crippen LogP contribution in [-0.4, -0.2) is 41.8 Å². The number of nitro benzene ring substituents is 1. The molecule has 0 saturated carbocycles. The number of carbonyl (C=O) groups excluding carboxylic acids is 2. The number of nitro groups is 1. The van der Waals surface area contributed by atoms with Crippen molar-refractivity contribution < 1.29 is 18.9 Å². The topological polar surface area (TPSA) is 92.6 Å². The second-order valence-electron chi connectivity index (χ2n) is 3.92. The van der Waals surface area contributed by atoms with Crippen molar-refractivity contribution >= 4 is 17.5 Å². The second kappa shape index (κ2) is 6.60. The highest BCUT2D eigenvalue weighted by molar-refractivity contribution is 5.96. The monoisotopic (exact) mass is 283 g/mol. The third-order valence-electron chi connectivity index (χ3n) is 2.67. The van der Waals surface area contributed by atoms with Gasteiger partial charge < -0.3 is 10.2 Å². The van der Waals surface area contributed by atoms with Gasteiger partial charge in [-0.1, -0.05) is 0 Å². The molecule has 2 amide bonds. The van der Waals surface area contributed by atoms with E-state index in [0.717, 1.165) is 18.2 Å². The van der Waals surface area contributed by atoms with Crippen molar-refractivity contribution in [3.05, 3.63) is 39.7 Å². The molecule has 0 aliphatic rings. The van der Waals surface area contributed by atoms with Crippen molar-refractivity contribution in [1.82, 2.24) is 10.2 Å². The molecule has 1 aromatic rings. The molecular formula is C12H14FN3O4. The zero-order chi connectivity index (χ0) is 15.3. The van der Waals surface area contributed by atoms with Crippen molar-refractivity contribution in [3.8, 4) is 0 Å². The molecular weight excluding hydrogens is 269 g/mol. The molecule has 1 aromatic carbocycles. The Morgan fingerprint density at radius 2 is 2.10 bits per heavy atom. The number of rotatable bonds is 5. The van der Waals surface area contributed by atoms with Gasteiger partial charge in [0, 0.05) is 25.2 Å². The van der Waals surface area contributed by atoms with Crippen LogP contribution in [0.4, 0.5) is 10.1 Å². The Balaban J connectivity index is 2.98. The first-order valence-electron chi connectivity index (χ1n) is 5.84. The minimum atomic E-state index is -1.09.